The molecule has 0 amide bonds. The molecule has 0 radical (unpaired) electrons. The van der Waals surface area contributed by atoms with Gasteiger partial charge in [0.25, 0.3) is 0 Å². The first kappa shape index (κ1) is 12.4. The van der Waals surface area contributed by atoms with Crippen LogP contribution >= 0.6 is 12.6 Å². The monoisotopic (exact) mass is 216 g/mol. The molecule has 0 heterocycles. The molecule has 0 saturated heterocycles. The zero-order valence-corrected chi connectivity index (χ0v) is 10.4. The summed E-state index contributed by atoms with van der Waals surface area (Å²) in [5, 5.41) is 0. The maximum atomic E-state index is 5.95. The standard InChI is InChI=1S/C12H24OS/c1-10(2)11(9-14)8-13-12-6-4-3-5-7-12/h10-12,14H,3-9H2,1-2H3. The number of ether oxygens (including phenoxy) is 1. The van der Waals surface area contributed by atoms with Gasteiger partial charge in [-0.1, -0.05) is 33.1 Å². The Bertz CT molecular complexity index is 141. The smallest absolute Gasteiger partial charge is 0.0575 e. The van der Waals surface area contributed by atoms with E-state index < -0.39 is 0 Å². The van der Waals surface area contributed by atoms with Gasteiger partial charge >= 0.3 is 0 Å². The van der Waals surface area contributed by atoms with E-state index in [1.54, 1.807) is 0 Å². The Balaban J connectivity index is 2.16. The van der Waals surface area contributed by atoms with Crippen molar-refractivity contribution in [2.45, 2.75) is 52.1 Å². The molecule has 0 bridgehead atoms. The van der Waals surface area contributed by atoms with E-state index in [4.69, 9.17) is 4.74 Å². The summed E-state index contributed by atoms with van der Waals surface area (Å²) in [6.07, 6.45) is 7.22. The van der Waals surface area contributed by atoms with Crippen molar-refractivity contribution >= 4 is 12.6 Å². The molecule has 1 saturated carbocycles. The second kappa shape index (κ2) is 6.73. The number of rotatable bonds is 5. The first-order valence-corrected chi connectivity index (χ1v) is 6.59. The van der Waals surface area contributed by atoms with Crippen molar-refractivity contribution in [3.05, 3.63) is 0 Å². The zero-order valence-electron chi connectivity index (χ0n) is 9.54. The topological polar surface area (TPSA) is 9.23 Å². The molecule has 1 unspecified atom stereocenters. The Kier molecular flexibility index (Phi) is 5.95. The van der Waals surface area contributed by atoms with E-state index in [0.29, 0.717) is 17.9 Å². The van der Waals surface area contributed by atoms with Gasteiger partial charge < -0.3 is 4.74 Å². The van der Waals surface area contributed by atoms with Gasteiger partial charge in [-0.25, -0.2) is 0 Å². The van der Waals surface area contributed by atoms with Crippen molar-refractivity contribution in [1.82, 2.24) is 0 Å². The number of thiol groups is 1. The lowest BCUT2D eigenvalue weighted by Gasteiger charge is -2.26. The Hall–Kier alpha value is 0.310. The highest BCUT2D eigenvalue weighted by Gasteiger charge is 2.17. The van der Waals surface area contributed by atoms with Gasteiger partial charge in [-0.15, -0.1) is 0 Å². The molecule has 1 nitrogen and oxygen atoms in total. The predicted molar refractivity (Wildman–Crippen MR) is 65.0 cm³/mol. The Morgan fingerprint density at radius 3 is 2.36 bits per heavy atom. The van der Waals surface area contributed by atoms with Crippen LogP contribution in [-0.2, 0) is 4.74 Å². The van der Waals surface area contributed by atoms with E-state index in [9.17, 15) is 0 Å². The molecule has 0 aromatic carbocycles. The van der Waals surface area contributed by atoms with Crippen LogP contribution in [0.4, 0.5) is 0 Å². The van der Waals surface area contributed by atoms with Gasteiger partial charge in [0.2, 0.25) is 0 Å². The van der Waals surface area contributed by atoms with Gasteiger partial charge in [0, 0.05) is 0 Å². The SMILES string of the molecule is CC(C)C(CS)COC1CCCCC1. The minimum absolute atomic E-state index is 0.546. The predicted octanol–water partition coefficient (Wildman–Crippen LogP) is 3.54. The molecule has 14 heavy (non-hydrogen) atoms. The minimum atomic E-state index is 0.546. The molecule has 0 N–H and O–H groups in total. The third-order valence-corrected chi connectivity index (χ3v) is 3.74. The number of hydrogen-bond donors (Lipinski definition) is 1. The third kappa shape index (κ3) is 4.22. The van der Waals surface area contributed by atoms with Crippen LogP contribution in [0, 0.1) is 11.8 Å². The zero-order chi connectivity index (χ0) is 10.4. The lowest BCUT2D eigenvalue weighted by Crippen LogP contribution is -2.24. The Morgan fingerprint density at radius 1 is 1.21 bits per heavy atom. The fraction of sp³-hybridized carbons (Fsp3) is 1.00. The van der Waals surface area contributed by atoms with Crippen LogP contribution in [0.3, 0.4) is 0 Å². The summed E-state index contributed by atoms with van der Waals surface area (Å²) in [4.78, 5) is 0. The van der Waals surface area contributed by atoms with Crippen molar-refractivity contribution in [3.8, 4) is 0 Å². The Morgan fingerprint density at radius 2 is 1.86 bits per heavy atom. The molecule has 1 atom stereocenters. The van der Waals surface area contributed by atoms with Gasteiger partial charge in [-0.2, -0.15) is 12.6 Å². The lowest BCUT2D eigenvalue weighted by molar-refractivity contribution is 0.00415. The van der Waals surface area contributed by atoms with Gasteiger partial charge in [0.15, 0.2) is 0 Å². The largest absolute Gasteiger partial charge is 0.378 e. The van der Waals surface area contributed by atoms with E-state index in [-0.39, 0.29) is 0 Å². The van der Waals surface area contributed by atoms with Gasteiger partial charge in [-0.3, -0.25) is 0 Å². The van der Waals surface area contributed by atoms with Crippen molar-refractivity contribution in [2.24, 2.45) is 11.8 Å². The van der Waals surface area contributed by atoms with Crippen LogP contribution < -0.4 is 0 Å². The molecule has 0 aliphatic heterocycles. The molecule has 84 valence electrons. The maximum Gasteiger partial charge on any atom is 0.0575 e. The summed E-state index contributed by atoms with van der Waals surface area (Å²) in [5.74, 6) is 2.26. The van der Waals surface area contributed by atoms with Crippen LogP contribution in [0.1, 0.15) is 46.0 Å². The third-order valence-electron chi connectivity index (χ3n) is 3.28. The van der Waals surface area contributed by atoms with E-state index in [2.05, 4.69) is 26.5 Å². The van der Waals surface area contributed by atoms with Gasteiger partial charge in [0.05, 0.1) is 12.7 Å². The summed E-state index contributed by atoms with van der Waals surface area (Å²) in [6.45, 7) is 5.42. The van der Waals surface area contributed by atoms with Gasteiger partial charge in [-0.05, 0) is 30.4 Å². The van der Waals surface area contributed by atoms with Crippen LogP contribution in [0.25, 0.3) is 0 Å². The van der Waals surface area contributed by atoms with Crippen LogP contribution in [0.5, 0.6) is 0 Å². The molecule has 0 spiro atoms. The molecular formula is C12H24OS. The summed E-state index contributed by atoms with van der Waals surface area (Å²) < 4.78 is 5.95. The maximum absolute atomic E-state index is 5.95. The molecule has 0 aromatic rings. The molecule has 1 aliphatic carbocycles. The second-order valence-corrected chi connectivity index (χ2v) is 5.15. The van der Waals surface area contributed by atoms with Crippen molar-refractivity contribution < 1.29 is 4.74 Å². The summed E-state index contributed by atoms with van der Waals surface area (Å²) in [5.41, 5.74) is 0. The molecule has 2 heteroatoms. The molecule has 0 aromatic heterocycles. The average molecular weight is 216 g/mol. The van der Waals surface area contributed by atoms with Crippen LogP contribution in [0.15, 0.2) is 0 Å². The van der Waals surface area contributed by atoms with E-state index >= 15 is 0 Å². The fourth-order valence-corrected chi connectivity index (χ4v) is 2.47. The molecule has 1 aliphatic rings. The van der Waals surface area contributed by atoms with E-state index in [1.807, 2.05) is 0 Å². The highest BCUT2D eigenvalue weighted by atomic mass is 32.1. The van der Waals surface area contributed by atoms with Crippen LogP contribution in [0.2, 0.25) is 0 Å². The summed E-state index contributed by atoms with van der Waals surface area (Å²) in [7, 11) is 0. The fourth-order valence-electron chi connectivity index (χ4n) is 1.95. The first-order valence-electron chi connectivity index (χ1n) is 5.96. The summed E-state index contributed by atoms with van der Waals surface area (Å²) >= 11 is 4.37. The highest BCUT2D eigenvalue weighted by molar-refractivity contribution is 7.80. The van der Waals surface area contributed by atoms with Crippen molar-refractivity contribution in [3.63, 3.8) is 0 Å². The molecule has 1 rings (SSSR count). The average Bonchev–Trinajstić information content (AvgIpc) is 2.20. The summed E-state index contributed by atoms with van der Waals surface area (Å²) in [6, 6.07) is 0. The quantitative estimate of drug-likeness (QED) is 0.692. The Labute approximate surface area is 94.0 Å². The first-order chi connectivity index (χ1) is 6.74. The van der Waals surface area contributed by atoms with Crippen LogP contribution in [-0.4, -0.2) is 18.5 Å². The van der Waals surface area contributed by atoms with E-state index in [0.717, 1.165) is 12.4 Å². The van der Waals surface area contributed by atoms with Gasteiger partial charge in [0.1, 0.15) is 0 Å². The second-order valence-electron chi connectivity index (χ2n) is 4.78. The molecule has 1 fully saturated rings. The number of hydrogen-bond acceptors (Lipinski definition) is 2. The lowest BCUT2D eigenvalue weighted by atomic mass is 9.96. The molecular weight excluding hydrogens is 192 g/mol. The normalized spacial score (nSPS) is 21.4. The van der Waals surface area contributed by atoms with Crippen molar-refractivity contribution in [2.75, 3.05) is 12.4 Å². The van der Waals surface area contributed by atoms with Crippen molar-refractivity contribution in [1.29, 1.82) is 0 Å². The van der Waals surface area contributed by atoms with E-state index in [1.165, 1.54) is 32.1 Å². The minimum Gasteiger partial charge on any atom is -0.378 e. The highest BCUT2D eigenvalue weighted by Crippen LogP contribution is 2.22.